The molecule has 4 rings (SSSR count). The Labute approximate surface area is 163 Å². The van der Waals surface area contributed by atoms with Crippen LogP contribution in [0.25, 0.3) is 5.69 Å². The van der Waals surface area contributed by atoms with Crippen LogP contribution >= 0.6 is 0 Å². The monoisotopic (exact) mass is 378 g/mol. The van der Waals surface area contributed by atoms with Gasteiger partial charge in [0, 0.05) is 17.7 Å². The molecule has 1 N–H and O–H groups in total. The van der Waals surface area contributed by atoms with Gasteiger partial charge in [0.25, 0.3) is 0 Å². The molecule has 3 aromatic rings. The summed E-state index contributed by atoms with van der Waals surface area (Å²) in [4.78, 5) is 17.2. The average molecular weight is 378 g/mol. The highest BCUT2D eigenvalue weighted by atomic mass is 16.7. The van der Waals surface area contributed by atoms with Gasteiger partial charge in [0.1, 0.15) is 5.82 Å². The van der Waals surface area contributed by atoms with Gasteiger partial charge in [0.2, 0.25) is 12.7 Å². The van der Waals surface area contributed by atoms with Crippen LogP contribution in [0.1, 0.15) is 37.0 Å². The lowest BCUT2D eigenvalue weighted by Crippen LogP contribution is -2.18. The molecule has 1 aliphatic rings. The minimum Gasteiger partial charge on any atom is -0.454 e. The number of para-hydroxylation sites is 1. The van der Waals surface area contributed by atoms with E-state index >= 15 is 0 Å². The van der Waals surface area contributed by atoms with Crippen molar-refractivity contribution in [1.82, 2.24) is 14.8 Å². The van der Waals surface area contributed by atoms with Gasteiger partial charge in [-0.3, -0.25) is 4.79 Å². The number of fused-ring (bicyclic) bond motifs is 1. The Morgan fingerprint density at radius 1 is 1.18 bits per heavy atom. The Hall–Kier alpha value is -3.35. The maximum Gasteiger partial charge on any atom is 0.232 e. The maximum atomic E-state index is 12.6. The topological polar surface area (TPSA) is 78.3 Å². The van der Waals surface area contributed by atoms with Crippen molar-refractivity contribution in [1.29, 1.82) is 0 Å². The van der Waals surface area contributed by atoms with Crippen molar-refractivity contribution < 1.29 is 14.3 Å². The van der Waals surface area contributed by atoms with E-state index in [9.17, 15) is 4.79 Å². The Balaban J connectivity index is 1.63. The van der Waals surface area contributed by atoms with Crippen LogP contribution in [0.5, 0.6) is 11.5 Å². The highest BCUT2D eigenvalue weighted by Gasteiger charge is 2.20. The number of nitrogens with zero attached hydrogens (tertiary/aromatic N) is 3. The molecule has 2 aromatic carbocycles. The normalized spacial score (nSPS) is 12.4. The third kappa shape index (κ3) is 3.55. The summed E-state index contributed by atoms with van der Waals surface area (Å²) in [6.07, 6.45) is 0.114. The zero-order valence-electron chi connectivity index (χ0n) is 16.1. The number of aryl methyl sites for hydroxylation is 1. The second kappa shape index (κ2) is 7.34. The molecule has 0 bridgehead atoms. The van der Waals surface area contributed by atoms with Crippen molar-refractivity contribution in [3.8, 4) is 17.2 Å². The molecule has 0 aliphatic carbocycles. The van der Waals surface area contributed by atoms with E-state index in [1.54, 1.807) is 4.68 Å². The van der Waals surface area contributed by atoms with Crippen molar-refractivity contribution in [2.75, 3.05) is 12.1 Å². The van der Waals surface area contributed by atoms with E-state index in [0.29, 0.717) is 23.1 Å². The third-order valence-corrected chi connectivity index (χ3v) is 4.55. The Bertz CT molecular complexity index is 1030. The quantitative estimate of drug-likeness (QED) is 0.734. The van der Waals surface area contributed by atoms with Crippen LogP contribution in [0.2, 0.25) is 0 Å². The molecular weight excluding hydrogens is 356 g/mol. The first-order chi connectivity index (χ1) is 13.5. The molecule has 1 amide bonds. The number of carbonyl (C=O) groups excluding carboxylic acids is 1. The van der Waals surface area contributed by atoms with Gasteiger partial charge in [-0.15, -0.1) is 0 Å². The predicted molar refractivity (Wildman–Crippen MR) is 105 cm³/mol. The zero-order valence-corrected chi connectivity index (χ0v) is 16.1. The van der Waals surface area contributed by atoms with Crippen molar-refractivity contribution in [2.24, 2.45) is 0 Å². The number of amides is 1. The predicted octanol–water partition coefficient (Wildman–Crippen LogP) is 3.61. The fourth-order valence-electron chi connectivity index (χ4n) is 3.00. The molecule has 7 nitrogen and oxygen atoms in total. The molecular formula is C21H22N4O3. The molecule has 0 saturated carbocycles. The van der Waals surface area contributed by atoms with Crippen LogP contribution in [-0.2, 0) is 11.2 Å². The van der Waals surface area contributed by atoms with Crippen LogP contribution in [0.3, 0.4) is 0 Å². The lowest BCUT2D eigenvalue weighted by Gasteiger charge is -2.09. The van der Waals surface area contributed by atoms with E-state index < -0.39 is 0 Å². The summed E-state index contributed by atoms with van der Waals surface area (Å²) in [5, 5.41) is 7.57. The first kappa shape index (κ1) is 18.0. The number of anilines is 1. The summed E-state index contributed by atoms with van der Waals surface area (Å²) in [7, 11) is 0. The van der Waals surface area contributed by atoms with Crippen LogP contribution in [0.15, 0.2) is 42.5 Å². The van der Waals surface area contributed by atoms with Crippen LogP contribution in [0, 0.1) is 6.92 Å². The second-order valence-electron chi connectivity index (χ2n) is 7.03. The van der Waals surface area contributed by atoms with E-state index in [2.05, 4.69) is 15.4 Å². The van der Waals surface area contributed by atoms with Gasteiger partial charge in [-0.1, -0.05) is 32.0 Å². The fraction of sp³-hybridized carbons (Fsp3) is 0.286. The summed E-state index contributed by atoms with van der Waals surface area (Å²) in [6.45, 7) is 6.22. The zero-order chi connectivity index (χ0) is 19.7. The van der Waals surface area contributed by atoms with Gasteiger partial charge in [-0.05, 0) is 30.7 Å². The summed E-state index contributed by atoms with van der Waals surface area (Å²) < 4.78 is 12.5. The Morgan fingerprint density at radius 3 is 2.75 bits per heavy atom. The molecule has 0 spiro atoms. The van der Waals surface area contributed by atoms with E-state index in [0.717, 1.165) is 16.9 Å². The summed E-state index contributed by atoms with van der Waals surface area (Å²) in [5.74, 6) is 2.64. The van der Waals surface area contributed by atoms with E-state index in [4.69, 9.17) is 9.47 Å². The summed E-state index contributed by atoms with van der Waals surface area (Å²) >= 11 is 0. The van der Waals surface area contributed by atoms with Gasteiger partial charge >= 0.3 is 0 Å². The standard InChI is InChI=1S/C21H22N4O3/c1-13(2)21-23-19(11-20(26)22-16-7-5-4-6-14(16)3)25(24-21)15-8-9-17-18(10-15)28-12-27-17/h4-10,13H,11-12H2,1-3H3,(H,22,26). The number of benzene rings is 2. The molecule has 0 atom stereocenters. The molecule has 1 aliphatic heterocycles. The minimum absolute atomic E-state index is 0.114. The number of hydrogen-bond donors (Lipinski definition) is 1. The minimum atomic E-state index is -0.140. The van der Waals surface area contributed by atoms with E-state index in [1.165, 1.54) is 0 Å². The first-order valence-electron chi connectivity index (χ1n) is 9.22. The van der Waals surface area contributed by atoms with Crippen molar-refractivity contribution >= 4 is 11.6 Å². The van der Waals surface area contributed by atoms with Crippen LogP contribution in [0.4, 0.5) is 5.69 Å². The van der Waals surface area contributed by atoms with Crippen molar-refractivity contribution in [2.45, 2.75) is 33.1 Å². The Morgan fingerprint density at radius 2 is 1.96 bits per heavy atom. The number of nitrogens with one attached hydrogen (secondary N) is 1. The highest BCUT2D eigenvalue weighted by Crippen LogP contribution is 2.34. The molecule has 0 saturated heterocycles. The Kier molecular flexibility index (Phi) is 4.73. The van der Waals surface area contributed by atoms with Gasteiger partial charge in [-0.25, -0.2) is 9.67 Å². The smallest absolute Gasteiger partial charge is 0.232 e. The molecule has 2 heterocycles. The van der Waals surface area contributed by atoms with E-state index in [1.807, 2.05) is 63.2 Å². The summed E-state index contributed by atoms with van der Waals surface area (Å²) in [5.41, 5.74) is 2.59. The maximum absolute atomic E-state index is 12.6. The number of ether oxygens (including phenoxy) is 2. The van der Waals surface area contributed by atoms with Crippen molar-refractivity contribution in [3.63, 3.8) is 0 Å². The SMILES string of the molecule is Cc1ccccc1NC(=O)Cc1nc(C(C)C)nn1-c1ccc2c(c1)OCO2. The third-order valence-electron chi connectivity index (χ3n) is 4.55. The van der Waals surface area contributed by atoms with Crippen LogP contribution in [-0.4, -0.2) is 27.5 Å². The van der Waals surface area contributed by atoms with Crippen molar-refractivity contribution in [3.05, 3.63) is 59.7 Å². The lowest BCUT2D eigenvalue weighted by atomic mass is 10.2. The molecule has 1 aromatic heterocycles. The molecule has 0 radical (unpaired) electrons. The average Bonchev–Trinajstić information content (AvgIpc) is 3.29. The molecule has 144 valence electrons. The van der Waals surface area contributed by atoms with Gasteiger partial charge in [-0.2, -0.15) is 5.10 Å². The molecule has 0 unspecified atom stereocenters. The molecule has 0 fully saturated rings. The number of hydrogen-bond acceptors (Lipinski definition) is 5. The molecule has 7 heteroatoms. The van der Waals surface area contributed by atoms with Gasteiger partial charge < -0.3 is 14.8 Å². The largest absolute Gasteiger partial charge is 0.454 e. The van der Waals surface area contributed by atoms with Gasteiger partial charge in [0.05, 0.1) is 12.1 Å². The van der Waals surface area contributed by atoms with E-state index in [-0.39, 0.29) is 25.0 Å². The highest BCUT2D eigenvalue weighted by molar-refractivity contribution is 5.92. The summed E-state index contributed by atoms with van der Waals surface area (Å²) in [6, 6.07) is 13.3. The number of rotatable bonds is 5. The lowest BCUT2D eigenvalue weighted by molar-refractivity contribution is -0.115. The second-order valence-corrected chi connectivity index (χ2v) is 7.03. The number of aromatic nitrogens is 3. The van der Waals surface area contributed by atoms with Gasteiger partial charge in [0.15, 0.2) is 17.3 Å². The van der Waals surface area contributed by atoms with Crippen LogP contribution < -0.4 is 14.8 Å². The fourth-order valence-corrected chi connectivity index (χ4v) is 3.00. The molecule has 28 heavy (non-hydrogen) atoms. The number of carbonyl (C=O) groups is 1. The first-order valence-corrected chi connectivity index (χ1v) is 9.22.